The van der Waals surface area contributed by atoms with Crippen LogP contribution in [-0.2, 0) is 23.6 Å². The summed E-state index contributed by atoms with van der Waals surface area (Å²) in [5, 5.41) is 0. The molecule has 1 aromatic rings. The van der Waals surface area contributed by atoms with Crippen LogP contribution in [0, 0.1) is 6.92 Å². The van der Waals surface area contributed by atoms with Crippen molar-refractivity contribution >= 4 is 17.6 Å². The Hall–Kier alpha value is -0.760. The van der Waals surface area contributed by atoms with Crippen LogP contribution in [0.25, 0.3) is 0 Å². The summed E-state index contributed by atoms with van der Waals surface area (Å²) >= 11 is 0. The van der Waals surface area contributed by atoms with Crippen molar-refractivity contribution in [2.24, 2.45) is 5.73 Å². The lowest BCUT2D eigenvalue weighted by molar-refractivity contribution is 0.211. The zero-order valence-corrected chi connectivity index (χ0v) is 14.7. The van der Waals surface area contributed by atoms with Gasteiger partial charge in [0.25, 0.3) is 0 Å². The van der Waals surface area contributed by atoms with Gasteiger partial charge in [-0.2, -0.15) is 4.72 Å². The highest BCUT2D eigenvalue weighted by Crippen LogP contribution is 2.51. The molecule has 0 saturated heterocycles. The number of hydrogen-bond acceptors (Lipinski definition) is 6. The monoisotopic (exact) mass is 350 g/mol. The molecule has 0 aromatic heterocycles. The molecule has 0 unspecified atom stereocenters. The summed E-state index contributed by atoms with van der Waals surface area (Å²) in [4.78, 5) is 0.0658. The van der Waals surface area contributed by atoms with Gasteiger partial charge >= 0.3 is 7.60 Å². The highest BCUT2D eigenvalue weighted by molar-refractivity contribution is 7.89. The van der Waals surface area contributed by atoms with E-state index in [2.05, 4.69) is 4.72 Å². The topological polar surface area (TPSA) is 108 Å². The van der Waals surface area contributed by atoms with Gasteiger partial charge < -0.3 is 14.8 Å². The van der Waals surface area contributed by atoms with Gasteiger partial charge in [0.2, 0.25) is 10.0 Å². The van der Waals surface area contributed by atoms with Crippen LogP contribution in [0.4, 0.5) is 0 Å². The summed E-state index contributed by atoms with van der Waals surface area (Å²) in [5.41, 5.74) is 6.50. The van der Waals surface area contributed by atoms with Crippen molar-refractivity contribution in [3.63, 3.8) is 0 Å². The van der Waals surface area contributed by atoms with Crippen LogP contribution in [0.2, 0.25) is 0 Å². The van der Waals surface area contributed by atoms with Gasteiger partial charge in [-0.3, -0.25) is 4.57 Å². The quantitative estimate of drug-likeness (QED) is 0.658. The maximum absolute atomic E-state index is 12.7. The number of sulfonamides is 1. The maximum atomic E-state index is 12.7. The van der Waals surface area contributed by atoms with E-state index in [0.29, 0.717) is 0 Å². The van der Waals surface area contributed by atoms with Crippen LogP contribution in [0.3, 0.4) is 0 Å². The lowest BCUT2D eigenvalue weighted by Crippen LogP contribution is -2.40. The molecule has 7 nitrogen and oxygen atoms in total. The molecule has 1 atom stereocenters. The third-order valence-electron chi connectivity index (χ3n) is 2.85. The molecular formula is C13H23N2O5PS. The minimum absolute atomic E-state index is 0.0658. The molecule has 126 valence electrons. The smallest absolute Gasteiger partial charge is 0.328 e. The molecular weight excluding hydrogens is 327 g/mol. The molecule has 0 heterocycles. The molecule has 3 N–H and O–H groups in total. The minimum atomic E-state index is -3.87. The van der Waals surface area contributed by atoms with Gasteiger partial charge in [-0.25, -0.2) is 8.42 Å². The molecule has 0 saturated carbocycles. The molecule has 0 amide bonds. The molecule has 0 fully saturated rings. The first-order valence-corrected chi connectivity index (χ1v) is 10.1. The highest BCUT2D eigenvalue weighted by atomic mass is 32.2. The first-order valence-electron chi connectivity index (χ1n) is 6.97. The van der Waals surface area contributed by atoms with E-state index in [9.17, 15) is 13.0 Å². The van der Waals surface area contributed by atoms with Gasteiger partial charge in [0.15, 0.2) is 0 Å². The normalized spacial score (nSPS) is 14.0. The molecule has 0 aliphatic heterocycles. The van der Waals surface area contributed by atoms with E-state index in [1.807, 2.05) is 6.92 Å². The Labute approximate surface area is 131 Å². The highest BCUT2D eigenvalue weighted by Gasteiger charge is 2.37. The molecule has 1 aromatic carbocycles. The predicted molar refractivity (Wildman–Crippen MR) is 85.2 cm³/mol. The zero-order chi connectivity index (χ0) is 16.8. The van der Waals surface area contributed by atoms with Crippen LogP contribution in [0.1, 0.15) is 19.4 Å². The van der Waals surface area contributed by atoms with E-state index >= 15 is 0 Å². The lowest BCUT2D eigenvalue weighted by atomic mass is 10.2. The molecule has 0 spiro atoms. The van der Waals surface area contributed by atoms with E-state index in [1.165, 1.54) is 12.1 Å². The fourth-order valence-electron chi connectivity index (χ4n) is 1.78. The van der Waals surface area contributed by atoms with Crippen LogP contribution in [-0.4, -0.2) is 34.0 Å². The van der Waals surface area contributed by atoms with E-state index in [1.54, 1.807) is 26.0 Å². The summed E-state index contributed by atoms with van der Waals surface area (Å²) < 4.78 is 50.0. The summed E-state index contributed by atoms with van der Waals surface area (Å²) in [6, 6.07) is 6.29. The Balaban J connectivity index is 3.05. The fraction of sp³-hybridized carbons (Fsp3) is 0.538. The summed E-state index contributed by atoms with van der Waals surface area (Å²) in [6.45, 7) is 5.19. The third-order valence-corrected chi connectivity index (χ3v) is 6.85. The molecule has 9 heteroatoms. The van der Waals surface area contributed by atoms with Crippen molar-refractivity contribution in [2.45, 2.75) is 31.4 Å². The number of nitrogens with two attached hydrogens (primary N) is 1. The molecule has 22 heavy (non-hydrogen) atoms. The van der Waals surface area contributed by atoms with Crippen molar-refractivity contribution in [1.82, 2.24) is 4.72 Å². The van der Waals surface area contributed by atoms with Crippen LogP contribution in [0.15, 0.2) is 29.2 Å². The number of benzene rings is 1. The van der Waals surface area contributed by atoms with Gasteiger partial charge in [-0.1, -0.05) is 17.7 Å². The lowest BCUT2D eigenvalue weighted by Gasteiger charge is -2.25. The summed E-state index contributed by atoms with van der Waals surface area (Å²) in [7, 11) is -7.54. The maximum Gasteiger partial charge on any atom is 0.349 e. The fourth-order valence-corrected chi connectivity index (χ4v) is 5.21. The second kappa shape index (κ2) is 8.19. The first-order chi connectivity index (χ1) is 10.3. The van der Waals surface area contributed by atoms with E-state index in [0.717, 1.165) is 5.56 Å². The second-order valence-electron chi connectivity index (χ2n) is 4.56. The molecule has 1 rings (SSSR count). The third kappa shape index (κ3) is 4.87. The van der Waals surface area contributed by atoms with Gasteiger partial charge in [0.05, 0.1) is 18.1 Å². The molecule has 0 radical (unpaired) electrons. The van der Waals surface area contributed by atoms with Gasteiger partial charge in [-0.05, 0) is 32.9 Å². The largest absolute Gasteiger partial charge is 0.349 e. The minimum Gasteiger partial charge on any atom is -0.328 e. The standard InChI is InChI=1S/C13H23N2O5PS/c1-4-19-21(16,20-5-2)13(10-14)15-22(17,18)12-8-6-11(3)7-9-12/h6-9,13,15H,4-5,10,14H2,1-3H3/t13-/m1/s1. The van der Waals surface area contributed by atoms with E-state index in [-0.39, 0.29) is 24.7 Å². The average Bonchev–Trinajstić information content (AvgIpc) is 2.45. The average molecular weight is 350 g/mol. The van der Waals surface area contributed by atoms with Gasteiger partial charge in [0.1, 0.15) is 5.78 Å². The summed E-state index contributed by atoms with van der Waals surface area (Å²) in [6.07, 6.45) is 0. The Morgan fingerprint density at radius 1 is 1.18 bits per heavy atom. The summed E-state index contributed by atoms with van der Waals surface area (Å²) in [5.74, 6) is -1.14. The number of nitrogens with one attached hydrogen (secondary N) is 1. The second-order valence-corrected chi connectivity index (χ2v) is 8.49. The number of hydrogen-bond donors (Lipinski definition) is 2. The first kappa shape index (κ1) is 19.3. The Kier molecular flexibility index (Phi) is 7.18. The Bertz CT molecular complexity index is 608. The van der Waals surface area contributed by atoms with Crippen molar-refractivity contribution in [1.29, 1.82) is 0 Å². The van der Waals surface area contributed by atoms with Crippen LogP contribution < -0.4 is 10.5 Å². The van der Waals surface area contributed by atoms with Crippen LogP contribution >= 0.6 is 7.60 Å². The molecule has 0 aliphatic rings. The van der Waals surface area contributed by atoms with Crippen molar-refractivity contribution < 1.29 is 22.0 Å². The number of rotatable bonds is 9. The molecule has 0 aliphatic carbocycles. The van der Waals surface area contributed by atoms with Crippen molar-refractivity contribution in [3.8, 4) is 0 Å². The van der Waals surface area contributed by atoms with Gasteiger partial charge in [-0.15, -0.1) is 0 Å². The van der Waals surface area contributed by atoms with Crippen LogP contribution in [0.5, 0.6) is 0 Å². The molecule has 0 bridgehead atoms. The van der Waals surface area contributed by atoms with Gasteiger partial charge in [0, 0.05) is 6.54 Å². The SMILES string of the molecule is CCOP(=O)(OCC)[C@H](CN)NS(=O)(=O)c1ccc(C)cc1. The predicted octanol–water partition coefficient (Wildman–Crippen LogP) is 1.82. The Morgan fingerprint density at radius 2 is 1.68 bits per heavy atom. The van der Waals surface area contributed by atoms with Crippen molar-refractivity contribution in [3.05, 3.63) is 29.8 Å². The van der Waals surface area contributed by atoms with Crippen molar-refractivity contribution in [2.75, 3.05) is 19.8 Å². The van der Waals surface area contributed by atoms with E-state index < -0.39 is 23.4 Å². The Morgan fingerprint density at radius 3 is 2.09 bits per heavy atom. The van der Waals surface area contributed by atoms with E-state index in [4.69, 9.17) is 14.8 Å². The zero-order valence-electron chi connectivity index (χ0n) is 13.0. The number of aryl methyl sites for hydroxylation is 1.